The predicted molar refractivity (Wildman–Crippen MR) is 67.2 cm³/mol. The molecule has 0 spiro atoms. The Morgan fingerprint density at radius 3 is 2.80 bits per heavy atom. The number of hydrogen-bond donors (Lipinski definition) is 2. The zero-order chi connectivity index (χ0) is 11.4. The van der Waals surface area contributed by atoms with E-state index < -0.39 is 0 Å². The summed E-state index contributed by atoms with van der Waals surface area (Å²) in [6.45, 7) is 5.00. The Morgan fingerprint density at radius 1 is 1.60 bits per heavy atom. The highest BCUT2D eigenvalue weighted by molar-refractivity contribution is 7.80. The molecule has 0 radical (unpaired) electrons. The lowest BCUT2D eigenvalue weighted by Gasteiger charge is -2.08. The van der Waals surface area contributed by atoms with Crippen molar-refractivity contribution in [1.82, 2.24) is 9.78 Å². The lowest BCUT2D eigenvalue weighted by molar-refractivity contribution is 0.748. The van der Waals surface area contributed by atoms with Gasteiger partial charge in [0.1, 0.15) is 10.8 Å². The third-order valence-electron chi connectivity index (χ3n) is 2.29. The number of nitrogens with two attached hydrogens (primary N) is 1. The smallest absolute Gasteiger partial charge is 0.134 e. The number of rotatable bonds is 5. The number of nitrogens with one attached hydrogen (secondary N) is 1. The van der Waals surface area contributed by atoms with Crippen LogP contribution in [0.15, 0.2) is 0 Å². The van der Waals surface area contributed by atoms with E-state index in [2.05, 4.69) is 17.3 Å². The third-order valence-corrected chi connectivity index (χ3v) is 2.50. The molecule has 0 unspecified atom stereocenters. The number of unbranched alkanes of at least 4 members (excludes halogenated alkanes) is 1. The predicted octanol–water partition coefficient (Wildman–Crippen LogP) is 1.57. The molecule has 1 aromatic rings. The zero-order valence-corrected chi connectivity index (χ0v) is 10.3. The van der Waals surface area contributed by atoms with Crippen LogP contribution >= 0.6 is 12.2 Å². The van der Waals surface area contributed by atoms with E-state index in [9.17, 15) is 0 Å². The van der Waals surface area contributed by atoms with Gasteiger partial charge in [0.05, 0.1) is 11.3 Å². The minimum atomic E-state index is 0.402. The monoisotopic (exact) mass is 226 g/mol. The van der Waals surface area contributed by atoms with Crippen molar-refractivity contribution in [3.8, 4) is 0 Å². The first-order chi connectivity index (χ1) is 7.07. The summed E-state index contributed by atoms with van der Waals surface area (Å²) >= 11 is 5.01. The molecule has 3 N–H and O–H groups in total. The van der Waals surface area contributed by atoms with Crippen LogP contribution < -0.4 is 11.1 Å². The molecule has 0 aliphatic carbocycles. The fourth-order valence-corrected chi connectivity index (χ4v) is 1.78. The number of nitrogens with zero attached hydrogens (tertiary/aromatic N) is 2. The summed E-state index contributed by atoms with van der Waals surface area (Å²) in [5.74, 6) is 0.924. The molecule has 0 saturated carbocycles. The zero-order valence-electron chi connectivity index (χ0n) is 9.50. The van der Waals surface area contributed by atoms with Crippen molar-refractivity contribution < 1.29 is 0 Å². The van der Waals surface area contributed by atoms with Crippen molar-refractivity contribution in [2.24, 2.45) is 12.8 Å². The maximum absolute atomic E-state index is 5.67. The van der Waals surface area contributed by atoms with Crippen LogP contribution in [0.1, 0.15) is 31.0 Å². The fourth-order valence-electron chi connectivity index (χ4n) is 1.54. The Labute approximate surface area is 95.8 Å². The van der Waals surface area contributed by atoms with Crippen molar-refractivity contribution in [2.75, 3.05) is 11.9 Å². The molecule has 0 aliphatic heterocycles. The Kier molecular flexibility index (Phi) is 4.08. The van der Waals surface area contributed by atoms with Gasteiger partial charge in [0.15, 0.2) is 0 Å². The quantitative estimate of drug-likeness (QED) is 0.591. The van der Waals surface area contributed by atoms with E-state index in [1.807, 2.05) is 14.0 Å². The topological polar surface area (TPSA) is 55.9 Å². The van der Waals surface area contributed by atoms with Crippen LogP contribution in [0, 0.1) is 6.92 Å². The van der Waals surface area contributed by atoms with E-state index >= 15 is 0 Å². The number of aromatic nitrogens is 2. The maximum Gasteiger partial charge on any atom is 0.134 e. The van der Waals surface area contributed by atoms with E-state index in [0.717, 1.165) is 36.5 Å². The first kappa shape index (κ1) is 12.0. The Bertz CT molecular complexity index is 357. The molecule has 0 saturated heterocycles. The van der Waals surface area contributed by atoms with Gasteiger partial charge in [-0.15, -0.1) is 0 Å². The first-order valence-electron chi connectivity index (χ1n) is 5.15. The minimum Gasteiger partial charge on any atom is -0.389 e. The van der Waals surface area contributed by atoms with Crippen molar-refractivity contribution in [3.05, 3.63) is 11.3 Å². The minimum absolute atomic E-state index is 0.402. The summed E-state index contributed by atoms with van der Waals surface area (Å²) in [7, 11) is 1.89. The summed E-state index contributed by atoms with van der Waals surface area (Å²) in [5.41, 5.74) is 7.41. The van der Waals surface area contributed by atoms with Crippen LogP contribution in [0.5, 0.6) is 0 Å². The SMILES string of the molecule is CCCCNc1c(C(N)=S)c(C)nn1C. The fraction of sp³-hybridized carbons (Fsp3) is 0.600. The highest BCUT2D eigenvalue weighted by Gasteiger charge is 2.14. The van der Waals surface area contributed by atoms with Gasteiger partial charge < -0.3 is 11.1 Å². The van der Waals surface area contributed by atoms with Crippen molar-refractivity contribution in [2.45, 2.75) is 26.7 Å². The number of anilines is 1. The molecule has 0 aromatic carbocycles. The Hall–Kier alpha value is -1.10. The molecule has 4 nitrogen and oxygen atoms in total. The van der Waals surface area contributed by atoms with Gasteiger partial charge in [-0.25, -0.2) is 0 Å². The molecule has 1 rings (SSSR count). The highest BCUT2D eigenvalue weighted by Crippen LogP contribution is 2.18. The molecule has 1 aromatic heterocycles. The molecule has 15 heavy (non-hydrogen) atoms. The van der Waals surface area contributed by atoms with Crippen LogP contribution in [-0.2, 0) is 7.05 Å². The standard InChI is InChI=1S/C10H18N4S/c1-4-5-6-12-10-8(9(11)15)7(2)13-14(10)3/h12H,4-6H2,1-3H3,(H2,11,15). The Balaban J connectivity index is 2.89. The second-order valence-corrected chi connectivity index (χ2v) is 4.02. The third kappa shape index (κ3) is 2.68. The summed E-state index contributed by atoms with van der Waals surface area (Å²) in [6.07, 6.45) is 2.28. The number of aryl methyl sites for hydroxylation is 2. The molecule has 0 amide bonds. The van der Waals surface area contributed by atoms with E-state index in [-0.39, 0.29) is 0 Å². The lowest BCUT2D eigenvalue weighted by Crippen LogP contribution is -2.15. The average molecular weight is 226 g/mol. The second kappa shape index (κ2) is 5.11. The summed E-state index contributed by atoms with van der Waals surface area (Å²) < 4.78 is 1.79. The van der Waals surface area contributed by atoms with Gasteiger partial charge in [-0.3, -0.25) is 4.68 Å². The maximum atomic E-state index is 5.67. The highest BCUT2D eigenvalue weighted by atomic mass is 32.1. The van der Waals surface area contributed by atoms with Crippen molar-refractivity contribution in [1.29, 1.82) is 0 Å². The number of thiocarbonyl (C=S) groups is 1. The normalized spacial score (nSPS) is 10.3. The summed E-state index contributed by atoms with van der Waals surface area (Å²) in [5, 5.41) is 7.62. The molecule has 0 bridgehead atoms. The first-order valence-corrected chi connectivity index (χ1v) is 5.56. The van der Waals surface area contributed by atoms with Crippen LogP contribution in [-0.4, -0.2) is 21.3 Å². The van der Waals surface area contributed by atoms with Gasteiger partial charge >= 0.3 is 0 Å². The van der Waals surface area contributed by atoms with Gasteiger partial charge in [-0.2, -0.15) is 5.10 Å². The van der Waals surface area contributed by atoms with E-state index in [0.29, 0.717) is 4.99 Å². The average Bonchev–Trinajstić information content (AvgIpc) is 2.42. The van der Waals surface area contributed by atoms with Gasteiger partial charge in [-0.05, 0) is 13.3 Å². The number of hydrogen-bond acceptors (Lipinski definition) is 3. The van der Waals surface area contributed by atoms with Crippen LogP contribution in [0.3, 0.4) is 0 Å². The van der Waals surface area contributed by atoms with E-state index in [1.165, 1.54) is 0 Å². The van der Waals surface area contributed by atoms with E-state index in [4.69, 9.17) is 18.0 Å². The molecular formula is C10H18N4S. The molecule has 5 heteroatoms. The van der Waals surface area contributed by atoms with Gasteiger partial charge in [0.2, 0.25) is 0 Å². The summed E-state index contributed by atoms with van der Waals surface area (Å²) in [4.78, 5) is 0.402. The van der Waals surface area contributed by atoms with Gasteiger partial charge in [-0.1, -0.05) is 25.6 Å². The summed E-state index contributed by atoms with van der Waals surface area (Å²) in [6, 6.07) is 0. The largest absolute Gasteiger partial charge is 0.389 e. The molecular weight excluding hydrogens is 208 g/mol. The van der Waals surface area contributed by atoms with Crippen LogP contribution in [0.25, 0.3) is 0 Å². The Morgan fingerprint density at radius 2 is 2.27 bits per heavy atom. The van der Waals surface area contributed by atoms with Crippen LogP contribution in [0.4, 0.5) is 5.82 Å². The second-order valence-electron chi connectivity index (χ2n) is 3.58. The molecule has 1 heterocycles. The van der Waals surface area contributed by atoms with Gasteiger partial charge in [0, 0.05) is 13.6 Å². The van der Waals surface area contributed by atoms with Crippen LogP contribution in [0.2, 0.25) is 0 Å². The van der Waals surface area contributed by atoms with E-state index in [1.54, 1.807) is 4.68 Å². The van der Waals surface area contributed by atoms with Crippen molar-refractivity contribution >= 4 is 23.0 Å². The molecule has 0 fully saturated rings. The molecule has 0 atom stereocenters. The molecule has 0 aliphatic rings. The van der Waals surface area contributed by atoms with Gasteiger partial charge in [0.25, 0.3) is 0 Å². The lowest BCUT2D eigenvalue weighted by atomic mass is 10.2. The van der Waals surface area contributed by atoms with Crippen molar-refractivity contribution in [3.63, 3.8) is 0 Å². The molecule has 84 valence electrons.